The van der Waals surface area contributed by atoms with Crippen molar-refractivity contribution in [1.29, 1.82) is 0 Å². The smallest absolute Gasteiger partial charge is 0.184 e. The number of phenolic OH excluding ortho intramolecular Hbond substituents is 1. The molecule has 0 bridgehead atoms. The molecule has 74 valence electrons. The van der Waals surface area contributed by atoms with Gasteiger partial charge in [0.25, 0.3) is 0 Å². The number of halogens is 1. The highest BCUT2D eigenvalue weighted by Crippen LogP contribution is 2.19. The predicted molar refractivity (Wildman–Crippen MR) is 60.6 cm³/mol. The van der Waals surface area contributed by atoms with E-state index in [2.05, 4.69) is 22.7 Å². The first kappa shape index (κ1) is 10.7. The lowest BCUT2D eigenvalue weighted by molar-refractivity contribution is 0.474. The molecule has 0 saturated heterocycles. The molecule has 4 N–H and O–H groups in total. The number of nitrogens with zero attached hydrogens (tertiary/aromatic N) is 1. The van der Waals surface area contributed by atoms with E-state index in [1.165, 1.54) is 12.3 Å². The summed E-state index contributed by atoms with van der Waals surface area (Å²) in [6.45, 7) is 0. The maximum absolute atomic E-state index is 9.36. The molecule has 0 saturated carbocycles. The van der Waals surface area contributed by atoms with E-state index in [0.717, 1.165) is 0 Å². The fourth-order valence-corrected chi connectivity index (χ4v) is 1.03. The summed E-state index contributed by atoms with van der Waals surface area (Å²) < 4.78 is 0. The van der Waals surface area contributed by atoms with E-state index in [1.54, 1.807) is 12.1 Å². The third-order valence-electron chi connectivity index (χ3n) is 1.37. The second kappa shape index (κ2) is 4.78. The molecule has 0 aliphatic rings. The SMILES string of the molecule is NC(=S)N/N=C/c1cc(Cl)ccc1O. The van der Waals surface area contributed by atoms with Crippen molar-refractivity contribution in [3.8, 4) is 5.75 Å². The topological polar surface area (TPSA) is 70.6 Å². The Morgan fingerprint density at radius 1 is 1.64 bits per heavy atom. The van der Waals surface area contributed by atoms with E-state index < -0.39 is 0 Å². The number of hydrazone groups is 1. The zero-order chi connectivity index (χ0) is 10.6. The molecule has 0 atom stereocenters. The zero-order valence-electron chi connectivity index (χ0n) is 7.07. The Hall–Kier alpha value is -1.33. The number of thiocarbonyl (C=S) groups is 1. The summed E-state index contributed by atoms with van der Waals surface area (Å²) in [6.07, 6.45) is 1.38. The molecule has 0 aliphatic carbocycles. The number of phenols is 1. The molecule has 0 aliphatic heterocycles. The molecule has 0 aromatic heterocycles. The van der Waals surface area contributed by atoms with Gasteiger partial charge in [0, 0.05) is 10.6 Å². The Labute approximate surface area is 91.4 Å². The van der Waals surface area contributed by atoms with Gasteiger partial charge in [-0.2, -0.15) is 5.10 Å². The van der Waals surface area contributed by atoms with Gasteiger partial charge in [0.15, 0.2) is 5.11 Å². The van der Waals surface area contributed by atoms with Gasteiger partial charge >= 0.3 is 0 Å². The van der Waals surface area contributed by atoms with Crippen LogP contribution in [0.1, 0.15) is 5.56 Å². The Bertz CT molecular complexity index is 381. The van der Waals surface area contributed by atoms with Crippen LogP contribution in [0.3, 0.4) is 0 Å². The summed E-state index contributed by atoms with van der Waals surface area (Å²) in [5, 5.41) is 13.6. The minimum absolute atomic E-state index is 0.0581. The normalized spacial score (nSPS) is 10.4. The van der Waals surface area contributed by atoms with E-state index in [9.17, 15) is 5.11 Å². The first-order valence-electron chi connectivity index (χ1n) is 3.66. The van der Waals surface area contributed by atoms with Crippen molar-refractivity contribution in [3.63, 3.8) is 0 Å². The molecule has 0 unspecified atom stereocenters. The van der Waals surface area contributed by atoms with E-state index in [1.807, 2.05) is 0 Å². The van der Waals surface area contributed by atoms with E-state index in [4.69, 9.17) is 17.3 Å². The third kappa shape index (κ3) is 3.20. The number of hydrogen-bond acceptors (Lipinski definition) is 3. The quantitative estimate of drug-likeness (QED) is 0.405. The van der Waals surface area contributed by atoms with Gasteiger partial charge in [0.05, 0.1) is 6.21 Å². The molecule has 0 heterocycles. The Morgan fingerprint density at radius 3 is 3.00 bits per heavy atom. The molecule has 0 fully saturated rings. The zero-order valence-corrected chi connectivity index (χ0v) is 8.64. The van der Waals surface area contributed by atoms with Crippen molar-refractivity contribution in [3.05, 3.63) is 28.8 Å². The summed E-state index contributed by atoms with van der Waals surface area (Å²) in [5.41, 5.74) is 7.99. The van der Waals surface area contributed by atoms with E-state index in [0.29, 0.717) is 10.6 Å². The highest BCUT2D eigenvalue weighted by atomic mass is 35.5. The van der Waals surface area contributed by atoms with Gasteiger partial charge in [0.2, 0.25) is 0 Å². The van der Waals surface area contributed by atoms with E-state index >= 15 is 0 Å². The Morgan fingerprint density at radius 2 is 2.36 bits per heavy atom. The van der Waals surface area contributed by atoms with Crippen molar-refractivity contribution in [2.24, 2.45) is 10.8 Å². The molecule has 1 aromatic rings. The predicted octanol–water partition coefficient (Wildman–Crippen LogP) is 1.21. The van der Waals surface area contributed by atoms with Gasteiger partial charge in [-0.25, -0.2) is 0 Å². The Kier molecular flexibility index (Phi) is 3.67. The highest BCUT2D eigenvalue weighted by Gasteiger charge is 1.98. The summed E-state index contributed by atoms with van der Waals surface area (Å²) in [5.74, 6) is 0.0860. The third-order valence-corrected chi connectivity index (χ3v) is 1.69. The lowest BCUT2D eigenvalue weighted by Gasteiger charge is -1.99. The van der Waals surface area contributed by atoms with Crippen LogP contribution in [0.5, 0.6) is 5.75 Å². The van der Waals surface area contributed by atoms with Crippen LogP contribution in [0.2, 0.25) is 5.02 Å². The van der Waals surface area contributed by atoms with Crippen LogP contribution < -0.4 is 11.2 Å². The minimum Gasteiger partial charge on any atom is -0.507 e. The molecule has 0 spiro atoms. The average Bonchev–Trinajstić information content (AvgIpc) is 2.10. The van der Waals surface area contributed by atoms with Crippen molar-refractivity contribution in [2.75, 3.05) is 0 Å². The van der Waals surface area contributed by atoms with Crippen molar-refractivity contribution < 1.29 is 5.11 Å². The van der Waals surface area contributed by atoms with Crippen molar-refractivity contribution in [2.45, 2.75) is 0 Å². The minimum atomic E-state index is 0.0581. The number of hydrogen-bond donors (Lipinski definition) is 3. The fourth-order valence-electron chi connectivity index (χ4n) is 0.794. The van der Waals surface area contributed by atoms with Crippen LogP contribution in [0, 0.1) is 0 Å². The van der Waals surface area contributed by atoms with Crippen LogP contribution in [0.4, 0.5) is 0 Å². The molecule has 0 amide bonds. The van der Waals surface area contributed by atoms with E-state index in [-0.39, 0.29) is 10.9 Å². The Balaban J connectivity index is 2.80. The monoisotopic (exact) mass is 229 g/mol. The maximum Gasteiger partial charge on any atom is 0.184 e. The van der Waals surface area contributed by atoms with Crippen molar-refractivity contribution in [1.82, 2.24) is 5.43 Å². The standard InChI is InChI=1S/C8H8ClN3OS/c9-6-1-2-7(13)5(3-6)4-11-12-8(10)14/h1-4,13H,(H3,10,12,14)/b11-4+. The number of rotatable bonds is 2. The van der Waals surface area contributed by atoms with Gasteiger partial charge in [-0.15, -0.1) is 0 Å². The summed E-state index contributed by atoms with van der Waals surface area (Å²) in [4.78, 5) is 0. The summed E-state index contributed by atoms with van der Waals surface area (Å²) in [6, 6.07) is 4.63. The summed E-state index contributed by atoms with van der Waals surface area (Å²) in [7, 11) is 0. The van der Waals surface area contributed by atoms with Crippen LogP contribution >= 0.6 is 23.8 Å². The number of nitrogens with one attached hydrogen (secondary N) is 1. The number of nitrogens with two attached hydrogens (primary N) is 1. The first-order valence-corrected chi connectivity index (χ1v) is 4.45. The molecular weight excluding hydrogens is 222 g/mol. The molecule has 6 heteroatoms. The van der Waals surface area contributed by atoms with Gasteiger partial charge < -0.3 is 10.8 Å². The van der Waals surface area contributed by atoms with Crippen LogP contribution in [0.15, 0.2) is 23.3 Å². The van der Waals surface area contributed by atoms with Gasteiger partial charge in [-0.3, -0.25) is 5.43 Å². The molecule has 0 radical (unpaired) electrons. The maximum atomic E-state index is 9.36. The summed E-state index contributed by atoms with van der Waals surface area (Å²) >= 11 is 10.2. The fraction of sp³-hybridized carbons (Fsp3) is 0. The second-order valence-electron chi connectivity index (χ2n) is 2.44. The molecule has 4 nitrogen and oxygen atoms in total. The average molecular weight is 230 g/mol. The molecule has 1 rings (SSSR count). The highest BCUT2D eigenvalue weighted by molar-refractivity contribution is 7.80. The molecule has 1 aromatic carbocycles. The van der Waals surface area contributed by atoms with Crippen LogP contribution in [-0.2, 0) is 0 Å². The van der Waals surface area contributed by atoms with Crippen molar-refractivity contribution >= 4 is 35.1 Å². The van der Waals surface area contributed by atoms with Gasteiger partial charge in [-0.05, 0) is 30.4 Å². The lowest BCUT2D eigenvalue weighted by Crippen LogP contribution is -2.23. The van der Waals surface area contributed by atoms with Gasteiger partial charge in [-0.1, -0.05) is 11.6 Å². The largest absolute Gasteiger partial charge is 0.507 e. The van der Waals surface area contributed by atoms with Crippen LogP contribution in [0.25, 0.3) is 0 Å². The molecule has 14 heavy (non-hydrogen) atoms. The number of benzene rings is 1. The lowest BCUT2D eigenvalue weighted by atomic mass is 10.2. The number of aromatic hydroxyl groups is 1. The van der Waals surface area contributed by atoms with Gasteiger partial charge in [0.1, 0.15) is 5.75 Å². The second-order valence-corrected chi connectivity index (χ2v) is 3.31. The van der Waals surface area contributed by atoms with Crippen LogP contribution in [-0.4, -0.2) is 16.4 Å². The molecular formula is C8H8ClN3OS. The first-order chi connectivity index (χ1) is 6.59.